The molecule has 0 aliphatic rings. The third kappa shape index (κ3) is 9.75. The molecule has 198 valence electrons. The number of nitrogens with two attached hydrogens (primary N) is 1. The maximum atomic E-state index is 12.9. The number of hydrogen-bond donors (Lipinski definition) is 3. The molecule has 0 aliphatic heterocycles. The first-order valence-electron chi connectivity index (χ1n) is 12.9. The molecule has 0 bridgehead atoms. The van der Waals surface area contributed by atoms with Crippen LogP contribution >= 0.6 is 0 Å². The maximum Gasteiger partial charge on any atom is 0.289 e. The number of anilines is 1. The number of carbonyl (C=O) groups is 3. The van der Waals surface area contributed by atoms with Crippen LogP contribution < -0.4 is 16.4 Å². The van der Waals surface area contributed by atoms with Gasteiger partial charge in [0, 0.05) is 35.7 Å². The molecule has 2 amide bonds. The lowest BCUT2D eigenvalue weighted by Gasteiger charge is -2.13. The van der Waals surface area contributed by atoms with Gasteiger partial charge in [-0.05, 0) is 43.2 Å². The van der Waals surface area contributed by atoms with Gasteiger partial charge in [0.1, 0.15) is 5.78 Å². The van der Waals surface area contributed by atoms with Crippen LogP contribution in [-0.4, -0.2) is 47.5 Å². The van der Waals surface area contributed by atoms with Crippen LogP contribution in [0.3, 0.4) is 0 Å². The van der Waals surface area contributed by atoms with Gasteiger partial charge in [-0.1, -0.05) is 67.6 Å². The normalized spacial score (nSPS) is 12.9. The first-order chi connectivity index (χ1) is 18.3. The zero-order valence-electron chi connectivity index (χ0n) is 22.1. The van der Waals surface area contributed by atoms with Gasteiger partial charge < -0.3 is 16.4 Å². The molecule has 3 rings (SSSR count). The molecule has 0 heterocycles. The highest BCUT2D eigenvalue weighted by molar-refractivity contribution is 5.92. The van der Waals surface area contributed by atoms with Crippen molar-refractivity contribution in [2.75, 3.05) is 18.4 Å². The Morgan fingerprint density at radius 3 is 2.13 bits per heavy atom. The fourth-order valence-electron chi connectivity index (χ4n) is 3.94. The lowest BCUT2D eigenvalue weighted by atomic mass is 10.0. The summed E-state index contributed by atoms with van der Waals surface area (Å²) in [7, 11) is 0. The molecule has 0 unspecified atom stereocenters. The topological polar surface area (TPSA) is 104 Å². The van der Waals surface area contributed by atoms with Gasteiger partial charge in [0.25, 0.3) is 5.91 Å². The highest BCUT2D eigenvalue weighted by Crippen LogP contribution is 2.11. The number of Topliss-reactive ketones (excluding diaryl/α,β-unsaturated/α-hetero) is 1. The van der Waals surface area contributed by atoms with E-state index in [2.05, 4.69) is 10.6 Å². The van der Waals surface area contributed by atoms with Crippen molar-refractivity contribution in [3.05, 3.63) is 102 Å². The van der Waals surface area contributed by atoms with Crippen molar-refractivity contribution >= 4 is 29.5 Å². The molecule has 3 aromatic rings. The molecular formula is C31H37N4O3+. The number of nitrogens with zero attached hydrogens (tertiary/aromatic N) is 1. The monoisotopic (exact) mass is 513 g/mol. The van der Waals surface area contributed by atoms with Crippen LogP contribution in [0, 0.1) is 5.92 Å². The van der Waals surface area contributed by atoms with Crippen molar-refractivity contribution in [1.82, 2.24) is 5.32 Å². The van der Waals surface area contributed by atoms with E-state index >= 15 is 0 Å². The second kappa shape index (κ2) is 14.6. The minimum absolute atomic E-state index is 0.108. The second-order valence-corrected chi connectivity index (χ2v) is 9.58. The molecule has 0 aliphatic carbocycles. The summed E-state index contributed by atoms with van der Waals surface area (Å²) in [6.07, 6.45) is 2.78. The second-order valence-electron chi connectivity index (χ2n) is 9.58. The number of nitrogens with one attached hydrogen (secondary N) is 2. The minimum atomic E-state index is -0.557. The maximum absolute atomic E-state index is 12.9. The lowest BCUT2D eigenvalue weighted by molar-refractivity contribution is -0.527. The van der Waals surface area contributed by atoms with E-state index in [1.165, 1.54) is 0 Å². The van der Waals surface area contributed by atoms with Gasteiger partial charge in [-0.15, -0.1) is 0 Å². The predicted molar refractivity (Wildman–Crippen MR) is 151 cm³/mol. The molecule has 0 saturated carbocycles. The molecule has 0 fully saturated rings. The Labute approximate surface area is 224 Å². The average Bonchev–Trinajstić information content (AvgIpc) is 2.90. The molecule has 0 saturated heterocycles. The number of rotatable bonds is 13. The number of carbonyl (C=O) groups excluding carboxylic acids is 3. The van der Waals surface area contributed by atoms with Gasteiger partial charge in [0.2, 0.25) is 12.5 Å². The number of amides is 2. The van der Waals surface area contributed by atoms with Crippen LogP contribution in [0.4, 0.5) is 5.69 Å². The third-order valence-electron chi connectivity index (χ3n) is 6.12. The molecule has 38 heavy (non-hydrogen) atoms. The van der Waals surface area contributed by atoms with Crippen molar-refractivity contribution in [1.29, 1.82) is 0 Å². The zero-order chi connectivity index (χ0) is 27.3. The fraction of sp³-hybridized carbons (Fsp3) is 0.290. The summed E-state index contributed by atoms with van der Waals surface area (Å²) in [5.41, 5.74) is 9.48. The molecule has 0 radical (unpaired) electrons. The average molecular weight is 514 g/mol. The molecule has 7 nitrogen and oxygen atoms in total. The molecule has 3 aromatic carbocycles. The van der Waals surface area contributed by atoms with E-state index in [9.17, 15) is 14.4 Å². The molecule has 7 heteroatoms. The summed E-state index contributed by atoms with van der Waals surface area (Å²) < 4.78 is 2.00. The quantitative estimate of drug-likeness (QED) is 0.240. The van der Waals surface area contributed by atoms with Gasteiger partial charge >= 0.3 is 0 Å². The third-order valence-corrected chi connectivity index (χ3v) is 6.12. The summed E-state index contributed by atoms with van der Waals surface area (Å²) in [4.78, 5) is 36.8. The van der Waals surface area contributed by atoms with Gasteiger partial charge in [-0.3, -0.25) is 14.4 Å². The first kappa shape index (κ1) is 28.5. The number of benzene rings is 3. The first-order valence-corrected chi connectivity index (χ1v) is 12.9. The minimum Gasteiger partial charge on any atom is -0.356 e. The highest BCUT2D eigenvalue weighted by atomic mass is 16.2. The Bertz CT molecular complexity index is 1220. The Morgan fingerprint density at radius 2 is 1.50 bits per heavy atom. The van der Waals surface area contributed by atoms with Crippen LogP contribution in [0.25, 0.3) is 0 Å². The fourth-order valence-corrected chi connectivity index (χ4v) is 3.94. The van der Waals surface area contributed by atoms with E-state index in [1.54, 1.807) is 13.8 Å². The van der Waals surface area contributed by atoms with Crippen LogP contribution in [0.2, 0.25) is 0 Å². The van der Waals surface area contributed by atoms with E-state index in [-0.39, 0.29) is 30.6 Å². The highest BCUT2D eigenvalue weighted by Gasteiger charge is 2.18. The molecule has 4 N–H and O–H groups in total. The molecule has 0 aromatic heterocycles. The van der Waals surface area contributed by atoms with E-state index in [0.717, 1.165) is 16.7 Å². The van der Waals surface area contributed by atoms with Crippen LogP contribution in [0.15, 0.2) is 84.9 Å². The summed E-state index contributed by atoms with van der Waals surface area (Å²) >= 11 is 0. The van der Waals surface area contributed by atoms with E-state index in [1.807, 2.05) is 95.7 Å². The lowest BCUT2D eigenvalue weighted by Crippen LogP contribution is -2.35. The van der Waals surface area contributed by atoms with Crippen LogP contribution in [-0.2, 0) is 27.3 Å². The smallest absolute Gasteiger partial charge is 0.289 e. The molecule has 2 atom stereocenters. The molecular weight excluding hydrogens is 476 g/mol. The van der Waals surface area contributed by atoms with Gasteiger partial charge in [-0.2, -0.15) is 0 Å². The standard InChI is InChI=1S/C31H36N4O3/c1-23(19-29(36)24(2)32)31(38)33-18-17-25-13-15-28(16-14-25)34-30(37)22-35(20-26-9-5-3-6-10-26)21-27-11-7-4-8-12-27/h3-16,20,23-24H,17-19,21-22,32H2,1-2H3,(H-,33,34,37,38)/p+1/t23-,24+/m0/s1. The summed E-state index contributed by atoms with van der Waals surface area (Å²) in [6.45, 7) is 4.65. The van der Waals surface area contributed by atoms with Crippen molar-refractivity contribution in [3.8, 4) is 0 Å². The zero-order valence-corrected chi connectivity index (χ0v) is 22.1. The van der Waals surface area contributed by atoms with E-state index in [4.69, 9.17) is 5.73 Å². The van der Waals surface area contributed by atoms with Gasteiger partial charge in [-0.25, -0.2) is 4.58 Å². The van der Waals surface area contributed by atoms with Crippen molar-refractivity contribution in [2.45, 2.75) is 39.3 Å². The van der Waals surface area contributed by atoms with Gasteiger partial charge in [0.15, 0.2) is 12.8 Å². The number of hydrogen-bond acceptors (Lipinski definition) is 4. The SMILES string of the molecule is C[C@@H](N)C(=O)C[C@H](C)C(=O)NCCc1ccc(NC(=O)C[N+](=Cc2ccccc2)Cc2ccccc2)cc1. The summed E-state index contributed by atoms with van der Waals surface area (Å²) in [5, 5.41) is 5.85. The van der Waals surface area contributed by atoms with Crippen LogP contribution in [0.5, 0.6) is 0 Å². The van der Waals surface area contributed by atoms with E-state index in [0.29, 0.717) is 25.2 Å². The largest absolute Gasteiger partial charge is 0.356 e. The van der Waals surface area contributed by atoms with E-state index < -0.39 is 12.0 Å². The Balaban J connectivity index is 1.51. The van der Waals surface area contributed by atoms with Gasteiger partial charge in [0.05, 0.1) is 6.04 Å². The Hall–Kier alpha value is -4.10. The Morgan fingerprint density at radius 1 is 0.868 bits per heavy atom. The predicted octanol–water partition coefficient (Wildman–Crippen LogP) is 3.56. The Kier molecular flexibility index (Phi) is 10.9. The van der Waals surface area contributed by atoms with Crippen LogP contribution in [0.1, 0.15) is 37.0 Å². The summed E-state index contributed by atoms with van der Waals surface area (Å²) in [6, 6.07) is 27.0. The summed E-state index contributed by atoms with van der Waals surface area (Å²) in [5.74, 6) is -0.795. The van der Waals surface area contributed by atoms with Crippen molar-refractivity contribution in [3.63, 3.8) is 0 Å². The van der Waals surface area contributed by atoms with Crippen molar-refractivity contribution in [2.24, 2.45) is 11.7 Å². The molecule has 0 spiro atoms. The van der Waals surface area contributed by atoms with Crippen molar-refractivity contribution < 1.29 is 19.0 Å². The number of ketones is 1.